The maximum atomic E-state index is 11.8. The van der Waals surface area contributed by atoms with Gasteiger partial charge in [-0.1, -0.05) is 6.92 Å². The predicted molar refractivity (Wildman–Crippen MR) is 54.8 cm³/mol. The van der Waals surface area contributed by atoms with Crippen LogP contribution in [0.2, 0.25) is 0 Å². The van der Waals surface area contributed by atoms with Crippen molar-refractivity contribution < 1.29 is 9.53 Å². The van der Waals surface area contributed by atoms with Crippen molar-refractivity contribution in [2.45, 2.75) is 46.0 Å². The minimum atomic E-state index is 0.0550. The van der Waals surface area contributed by atoms with Crippen LogP contribution in [0.1, 0.15) is 46.0 Å². The van der Waals surface area contributed by atoms with Crippen molar-refractivity contribution in [1.29, 1.82) is 0 Å². The molecule has 0 aromatic rings. The molecule has 0 amide bonds. The van der Waals surface area contributed by atoms with Crippen LogP contribution in [-0.4, -0.2) is 12.6 Å². The van der Waals surface area contributed by atoms with Gasteiger partial charge in [-0.05, 0) is 50.4 Å². The average Bonchev–Trinajstić information content (AvgIpc) is 2.18. The molecule has 80 valence electrons. The van der Waals surface area contributed by atoms with E-state index in [9.17, 15) is 4.79 Å². The molecule has 0 radical (unpaired) electrons. The van der Waals surface area contributed by atoms with Gasteiger partial charge in [-0.3, -0.25) is 4.79 Å². The van der Waals surface area contributed by atoms with Crippen LogP contribution in [0.15, 0.2) is 0 Å². The number of fused-ring (bicyclic) bond motifs is 3. The molecule has 14 heavy (non-hydrogen) atoms. The van der Waals surface area contributed by atoms with Crippen molar-refractivity contribution in [2.75, 3.05) is 6.61 Å². The Bertz CT molecular complexity index is 226. The van der Waals surface area contributed by atoms with Crippen molar-refractivity contribution in [3.8, 4) is 0 Å². The Morgan fingerprint density at radius 2 is 2.07 bits per heavy atom. The van der Waals surface area contributed by atoms with E-state index in [-0.39, 0.29) is 17.3 Å². The number of carbonyl (C=O) groups excluding carboxylic acids is 1. The zero-order valence-electron chi connectivity index (χ0n) is 9.21. The second kappa shape index (κ2) is 3.56. The van der Waals surface area contributed by atoms with Gasteiger partial charge in [0.25, 0.3) is 0 Å². The number of hydrogen-bond donors (Lipinski definition) is 0. The lowest BCUT2D eigenvalue weighted by atomic mass is 9.56. The molecule has 2 heteroatoms. The Hall–Kier alpha value is -0.530. The average molecular weight is 196 g/mol. The molecule has 2 bridgehead atoms. The van der Waals surface area contributed by atoms with Gasteiger partial charge in [-0.15, -0.1) is 0 Å². The fourth-order valence-electron chi connectivity index (χ4n) is 3.16. The number of hydrogen-bond acceptors (Lipinski definition) is 2. The Morgan fingerprint density at radius 1 is 1.43 bits per heavy atom. The van der Waals surface area contributed by atoms with Crippen molar-refractivity contribution in [3.05, 3.63) is 0 Å². The van der Waals surface area contributed by atoms with Crippen molar-refractivity contribution >= 4 is 5.97 Å². The number of ether oxygens (including phenoxy) is 1. The lowest BCUT2D eigenvalue weighted by Crippen LogP contribution is -2.44. The fraction of sp³-hybridized carbons (Fsp3) is 0.917. The Morgan fingerprint density at radius 3 is 2.57 bits per heavy atom. The summed E-state index contributed by atoms with van der Waals surface area (Å²) in [6.07, 6.45) is 6.18. The Balaban J connectivity index is 2.08. The van der Waals surface area contributed by atoms with Gasteiger partial charge in [0.05, 0.1) is 12.5 Å². The van der Waals surface area contributed by atoms with E-state index in [2.05, 4.69) is 6.92 Å². The van der Waals surface area contributed by atoms with E-state index >= 15 is 0 Å². The normalized spacial score (nSPS) is 41.0. The van der Waals surface area contributed by atoms with Gasteiger partial charge in [0.1, 0.15) is 0 Å². The molecule has 0 aromatic heterocycles. The number of esters is 1. The smallest absolute Gasteiger partial charge is 0.309 e. The highest BCUT2D eigenvalue weighted by Gasteiger charge is 2.48. The molecule has 3 saturated carbocycles. The minimum absolute atomic E-state index is 0.0550. The van der Waals surface area contributed by atoms with Crippen LogP contribution in [0.25, 0.3) is 0 Å². The summed E-state index contributed by atoms with van der Waals surface area (Å²) in [6, 6.07) is 0. The lowest BCUT2D eigenvalue weighted by molar-refractivity contribution is -0.159. The summed E-state index contributed by atoms with van der Waals surface area (Å²) >= 11 is 0. The quantitative estimate of drug-likeness (QED) is 0.635. The van der Waals surface area contributed by atoms with E-state index in [1.807, 2.05) is 6.92 Å². The second-order valence-corrected chi connectivity index (χ2v) is 5.14. The molecule has 0 unspecified atom stereocenters. The molecular weight excluding hydrogens is 176 g/mol. The summed E-state index contributed by atoms with van der Waals surface area (Å²) in [5, 5.41) is 0. The predicted octanol–water partition coefficient (Wildman–Crippen LogP) is 2.77. The van der Waals surface area contributed by atoms with Crippen molar-refractivity contribution in [2.24, 2.45) is 17.3 Å². The summed E-state index contributed by atoms with van der Waals surface area (Å²) in [5.41, 5.74) is 0.251. The zero-order chi connectivity index (χ0) is 10.2. The van der Waals surface area contributed by atoms with Crippen molar-refractivity contribution in [3.63, 3.8) is 0 Å². The molecule has 3 fully saturated rings. The third kappa shape index (κ3) is 1.55. The highest BCUT2D eigenvalue weighted by Crippen LogP contribution is 2.53. The maximum absolute atomic E-state index is 11.8. The lowest BCUT2D eigenvalue weighted by Gasteiger charge is -2.49. The summed E-state index contributed by atoms with van der Waals surface area (Å²) in [7, 11) is 0. The third-order valence-corrected chi connectivity index (χ3v) is 4.23. The second-order valence-electron chi connectivity index (χ2n) is 5.14. The van der Waals surface area contributed by atoms with Gasteiger partial charge in [0.15, 0.2) is 0 Å². The summed E-state index contributed by atoms with van der Waals surface area (Å²) in [6.45, 7) is 4.68. The highest BCUT2D eigenvalue weighted by molar-refractivity contribution is 5.73. The minimum Gasteiger partial charge on any atom is -0.466 e. The largest absolute Gasteiger partial charge is 0.466 e. The summed E-state index contributed by atoms with van der Waals surface area (Å²) in [5.74, 6) is 1.04. The van der Waals surface area contributed by atoms with Crippen LogP contribution in [0.5, 0.6) is 0 Å². The first-order valence-corrected chi connectivity index (χ1v) is 5.82. The first-order valence-electron chi connectivity index (χ1n) is 5.82. The third-order valence-electron chi connectivity index (χ3n) is 4.23. The molecule has 0 aromatic carbocycles. The number of rotatable bonds is 2. The van der Waals surface area contributed by atoms with E-state index in [0.717, 1.165) is 12.3 Å². The topological polar surface area (TPSA) is 26.3 Å². The molecular formula is C12H20O2. The fourth-order valence-corrected chi connectivity index (χ4v) is 3.16. The molecule has 1 atom stereocenters. The number of carbonyl (C=O) groups is 1. The van der Waals surface area contributed by atoms with Gasteiger partial charge in [-0.25, -0.2) is 0 Å². The molecule has 0 aliphatic heterocycles. The summed E-state index contributed by atoms with van der Waals surface area (Å²) < 4.78 is 5.16. The maximum Gasteiger partial charge on any atom is 0.309 e. The first kappa shape index (κ1) is 10.0. The van der Waals surface area contributed by atoms with Gasteiger partial charge < -0.3 is 4.74 Å². The van der Waals surface area contributed by atoms with Crippen LogP contribution in [-0.2, 0) is 9.53 Å². The molecule has 0 heterocycles. The Kier molecular flexibility index (Phi) is 2.54. The van der Waals surface area contributed by atoms with E-state index in [4.69, 9.17) is 4.74 Å². The highest BCUT2D eigenvalue weighted by atomic mass is 16.5. The van der Waals surface area contributed by atoms with Crippen LogP contribution in [0.4, 0.5) is 0 Å². The van der Waals surface area contributed by atoms with E-state index in [0.29, 0.717) is 6.61 Å². The van der Waals surface area contributed by atoms with Crippen LogP contribution >= 0.6 is 0 Å². The van der Waals surface area contributed by atoms with E-state index in [1.165, 1.54) is 25.7 Å². The Labute approximate surface area is 86.0 Å². The standard InChI is InChI=1S/C12H20O2/c1-3-14-11(13)10-8-9-4-6-12(10,2)7-5-9/h9-10H,3-8H2,1-2H3/t9?,10-,12?/m1/s1. The van der Waals surface area contributed by atoms with Gasteiger partial charge in [-0.2, -0.15) is 0 Å². The first-order chi connectivity index (χ1) is 6.65. The molecule has 0 spiro atoms. The zero-order valence-corrected chi connectivity index (χ0v) is 9.21. The van der Waals surface area contributed by atoms with Crippen molar-refractivity contribution in [1.82, 2.24) is 0 Å². The van der Waals surface area contributed by atoms with E-state index in [1.54, 1.807) is 0 Å². The van der Waals surface area contributed by atoms with Gasteiger partial charge in [0, 0.05) is 0 Å². The molecule has 2 nitrogen and oxygen atoms in total. The monoisotopic (exact) mass is 196 g/mol. The molecule has 0 saturated heterocycles. The van der Waals surface area contributed by atoms with Gasteiger partial charge >= 0.3 is 5.97 Å². The van der Waals surface area contributed by atoms with Crippen LogP contribution in [0, 0.1) is 17.3 Å². The van der Waals surface area contributed by atoms with Crippen LogP contribution in [0.3, 0.4) is 0 Å². The van der Waals surface area contributed by atoms with Gasteiger partial charge in [0.2, 0.25) is 0 Å². The SMILES string of the molecule is CCOC(=O)[C@H]1CC2CCC1(C)CC2. The molecule has 3 aliphatic carbocycles. The molecule has 3 aliphatic rings. The van der Waals surface area contributed by atoms with Crippen LogP contribution < -0.4 is 0 Å². The molecule has 3 rings (SSSR count). The molecule has 0 N–H and O–H groups in total. The van der Waals surface area contributed by atoms with E-state index < -0.39 is 0 Å². The summed E-state index contributed by atoms with van der Waals surface area (Å²) in [4.78, 5) is 11.8.